The zero-order valence-corrected chi connectivity index (χ0v) is 16.9. The van der Waals surface area contributed by atoms with Gasteiger partial charge in [-0.15, -0.1) is 0 Å². The minimum absolute atomic E-state index is 0.0785. The summed E-state index contributed by atoms with van der Waals surface area (Å²) in [4.78, 5) is 0.252. The Morgan fingerprint density at radius 3 is 2.48 bits per heavy atom. The van der Waals surface area contributed by atoms with Gasteiger partial charge in [0.1, 0.15) is 0 Å². The molecule has 0 amide bonds. The summed E-state index contributed by atoms with van der Waals surface area (Å²) in [5.41, 5.74) is 1.92. The van der Waals surface area contributed by atoms with Crippen molar-refractivity contribution in [1.82, 2.24) is 0 Å². The number of fused-ring (bicyclic) bond motifs is 1. The predicted octanol–water partition coefficient (Wildman–Crippen LogP) is 3.37. The summed E-state index contributed by atoms with van der Waals surface area (Å²) in [6.07, 6.45) is 2.80. The molecule has 1 aliphatic heterocycles. The quantitative estimate of drug-likeness (QED) is 0.761. The maximum absolute atomic E-state index is 13.0. The second-order valence-corrected chi connectivity index (χ2v) is 10.3. The first-order valence-corrected chi connectivity index (χ1v) is 12.1. The van der Waals surface area contributed by atoms with E-state index in [1.807, 2.05) is 6.92 Å². The first-order chi connectivity index (χ1) is 12.8. The summed E-state index contributed by atoms with van der Waals surface area (Å²) in [6, 6.07) is 13.4. The molecule has 3 rings (SSSR count). The molecule has 0 bridgehead atoms. The monoisotopic (exact) mass is 408 g/mol. The number of benzene rings is 2. The predicted molar refractivity (Wildman–Crippen MR) is 108 cm³/mol. The summed E-state index contributed by atoms with van der Waals surface area (Å²) in [5, 5.41) is 0. The molecule has 27 heavy (non-hydrogen) atoms. The molecule has 8 heteroatoms. The molecule has 6 nitrogen and oxygen atoms in total. The highest BCUT2D eigenvalue weighted by atomic mass is 32.2. The van der Waals surface area contributed by atoms with E-state index < -0.39 is 20.0 Å². The minimum Gasteiger partial charge on any atom is -0.284 e. The molecule has 0 atom stereocenters. The van der Waals surface area contributed by atoms with Crippen LogP contribution in [0.25, 0.3) is 0 Å². The Kier molecular flexibility index (Phi) is 5.76. The van der Waals surface area contributed by atoms with Gasteiger partial charge in [0, 0.05) is 12.2 Å². The highest BCUT2D eigenvalue weighted by molar-refractivity contribution is 7.93. The van der Waals surface area contributed by atoms with Crippen LogP contribution in [0.15, 0.2) is 53.4 Å². The van der Waals surface area contributed by atoms with E-state index >= 15 is 0 Å². The number of hydrogen-bond acceptors (Lipinski definition) is 4. The zero-order chi connectivity index (χ0) is 19.5. The van der Waals surface area contributed by atoms with E-state index in [-0.39, 0.29) is 10.6 Å². The molecule has 0 unspecified atom stereocenters. The molecule has 1 heterocycles. The average Bonchev–Trinajstić information content (AvgIpc) is 2.66. The van der Waals surface area contributed by atoms with Gasteiger partial charge in [0.25, 0.3) is 10.0 Å². The molecule has 2 aromatic rings. The molecule has 1 N–H and O–H groups in total. The van der Waals surface area contributed by atoms with Crippen molar-refractivity contribution in [2.75, 3.05) is 21.3 Å². The van der Waals surface area contributed by atoms with Crippen LogP contribution in [-0.2, 0) is 26.5 Å². The van der Waals surface area contributed by atoms with Gasteiger partial charge in [-0.1, -0.05) is 31.5 Å². The van der Waals surface area contributed by atoms with Gasteiger partial charge >= 0.3 is 0 Å². The molecule has 146 valence electrons. The summed E-state index contributed by atoms with van der Waals surface area (Å²) in [5.74, 6) is 0.0785. The third-order valence-electron chi connectivity index (χ3n) is 4.53. The number of sulfonamides is 2. The topological polar surface area (TPSA) is 83.6 Å². The lowest BCUT2D eigenvalue weighted by Gasteiger charge is -2.31. The third-order valence-corrected chi connectivity index (χ3v) is 7.73. The normalized spacial score (nSPS) is 14.6. The highest BCUT2D eigenvalue weighted by Gasteiger charge is 2.29. The molecular weight excluding hydrogens is 384 g/mol. The Labute approximate surface area is 161 Å². The Morgan fingerprint density at radius 1 is 1.04 bits per heavy atom. The van der Waals surface area contributed by atoms with Crippen molar-refractivity contribution in [3.05, 3.63) is 54.1 Å². The molecular formula is C19H24N2O4S2. The number of hydrogen-bond donors (Lipinski definition) is 1. The lowest BCUT2D eigenvalue weighted by atomic mass is 10.0. The van der Waals surface area contributed by atoms with Crippen LogP contribution in [0.2, 0.25) is 0 Å². The number of unbranched alkanes of at least 4 members (excludes halogenated alkanes) is 1. The average molecular weight is 409 g/mol. The molecule has 0 fully saturated rings. The largest absolute Gasteiger partial charge is 0.284 e. The fraction of sp³-hybridized carbons (Fsp3) is 0.368. The van der Waals surface area contributed by atoms with Crippen LogP contribution >= 0.6 is 0 Å². The van der Waals surface area contributed by atoms with Gasteiger partial charge in [0.15, 0.2) is 0 Å². The maximum atomic E-state index is 13.0. The van der Waals surface area contributed by atoms with Crippen molar-refractivity contribution < 1.29 is 16.8 Å². The van der Waals surface area contributed by atoms with Crippen molar-refractivity contribution >= 4 is 31.4 Å². The lowest BCUT2D eigenvalue weighted by Crippen LogP contribution is -2.35. The number of nitrogens with one attached hydrogen (secondary N) is 1. The van der Waals surface area contributed by atoms with Crippen molar-refractivity contribution in [1.29, 1.82) is 0 Å². The molecule has 0 aromatic heterocycles. The van der Waals surface area contributed by atoms with Crippen LogP contribution in [0.3, 0.4) is 0 Å². The van der Waals surface area contributed by atoms with E-state index in [0.717, 1.165) is 12.0 Å². The summed E-state index contributed by atoms with van der Waals surface area (Å²) in [6.45, 7) is 2.35. The zero-order valence-electron chi connectivity index (χ0n) is 15.3. The Bertz CT molecular complexity index is 1000. The number of rotatable bonds is 7. The van der Waals surface area contributed by atoms with Gasteiger partial charge < -0.3 is 0 Å². The Hall–Kier alpha value is -2.06. The van der Waals surface area contributed by atoms with Gasteiger partial charge in [-0.25, -0.2) is 16.8 Å². The summed E-state index contributed by atoms with van der Waals surface area (Å²) in [7, 11) is -7.03. The Morgan fingerprint density at radius 2 is 1.78 bits per heavy atom. The van der Waals surface area contributed by atoms with E-state index in [0.29, 0.717) is 37.2 Å². The van der Waals surface area contributed by atoms with E-state index in [1.165, 1.54) is 4.31 Å². The lowest BCUT2D eigenvalue weighted by molar-refractivity contribution is 0.586. The van der Waals surface area contributed by atoms with Crippen molar-refractivity contribution in [2.24, 2.45) is 0 Å². The van der Waals surface area contributed by atoms with Crippen LogP contribution < -0.4 is 9.03 Å². The van der Waals surface area contributed by atoms with Gasteiger partial charge in [-0.2, -0.15) is 0 Å². The van der Waals surface area contributed by atoms with Gasteiger partial charge in [0.05, 0.1) is 16.3 Å². The maximum Gasteiger partial charge on any atom is 0.264 e. The molecule has 0 saturated heterocycles. The van der Waals surface area contributed by atoms with Crippen molar-refractivity contribution in [2.45, 2.75) is 37.5 Å². The van der Waals surface area contributed by atoms with Crippen molar-refractivity contribution in [3.8, 4) is 0 Å². The van der Waals surface area contributed by atoms with Crippen LogP contribution in [0.5, 0.6) is 0 Å². The molecule has 2 aromatic carbocycles. The summed E-state index contributed by atoms with van der Waals surface area (Å²) < 4.78 is 54.2. The highest BCUT2D eigenvalue weighted by Crippen LogP contribution is 2.34. The molecule has 1 aliphatic rings. The second-order valence-electron chi connectivity index (χ2n) is 6.61. The van der Waals surface area contributed by atoms with Crippen LogP contribution in [-0.4, -0.2) is 29.1 Å². The Balaban J connectivity index is 1.90. The first-order valence-electron chi connectivity index (χ1n) is 9.05. The fourth-order valence-corrected chi connectivity index (χ4v) is 5.98. The third kappa shape index (κ3) is 4.44. The van der Waals surface area contributed by atoms with Gasteiger partial charge in [-0.05, 0) is 55.2 Å². The van der Waals surface area contributed by atoms with E-state index in [1.54, 1.807) is 48.5 Å². The van der Waals surface area contributed by atoms with Crippen molar-refractivity contribution in [3.63, 3.8) is 0 Å². The van der Waals surface area contributed by atoms with Crippen LogP contribution in [0, 0.1) is 0 Å². The second kappa shape index (κ2) is 7.90. The number of aryl methyl sites for hydroxylation is 1. The summed E-state index contributed by atoms with van der Waals surface area (Å²) >= 11 is 0. The first kappa shape index (κ1) is 19.7. The van der Waals surface area contributed by atoms with Crippen LogP contribution in [0.4, 0.5) is 11.4 Å². The SMILES string of the molecule is CCCCS(=O)(=O)Nc1ccc2c(c1)CCCN2S(=O)(=O)c1ccccc1. The molecule has 0 saturated carbocycles. The number of nitrogens with zero attached hydrogens (tertiary/aromatic N) is 1. The smallest absolute Gasteiger partial charge is 0.264 e. The molecule has 0 radical (unpaired) electrons. The van der Waals surface area contributed by atoms with Crippen LogP contribution in [0.1, 0.15) is 31.7 Å². The standard InChI is InChI=1S/C19H24N2O4S2/c1-2-3-14-26(22,23)20-17-11-12-19-16(15-17)8-7-13-21(19)27(24,25)18-9-5-4-6-10-18/h4-6,9-12,15,20H,2-3,7-8,13-14H2,1H3. The van der Waals surface area contributed by atoms with E-state index in [2.05, 4.69) is 4.72 Å². The fourth-order valence-electron chi connectivity index (χ4n) is 3.16. The van der Waals surface area contributed by atoms with E-state index in [9.17, 15) is 16.8 Å². The molecule has 0 aliphatic carbocycles. The van der Waals surface area contributed by atoms with Gasteiger partial charge in [-0.3, -0.25) is 9.03 Å². The van der Waals surface area contributed by atoms with E-state index in [4.69, 9.17) is 0 Å². The number of anilines is 2. The minimum atomic E-state index is -3.64. The molecule has 0 spiro atoms. The van der Waals surface area contributed by atoms with Gasteiger partial charge in [0.2, 0.25) is 10.0 Å².